The molecule has 0 spiro atoms. The molecular weight excluding hydrogens is 450 g/mol. The first-order valence-electron chi connectivity index (χ1n) is 8.68. The molecule has 1 amide bonds. The minimum Gasteiger partial charge on any atom is -0.452 e. The third-order valence-corrected chi connectivity index (χ3v) is 5.88. The summed E-state index contributed by atoms with van der Waals surface area (Å²) in [4.78, 5) is 25.4. The molecule has 3 aromatic heterocycles. The number of hydrogen-bond donors (Lipinski definition) is 1. The molecule has 28 heavy (non-hydrogen) atoms. The van der Waals surface area contributed by atoms with Crippen molar-refractivity contribution >= 4 is 44.1 Å². The second-order valence-corrected chi connectivity index (χ2v) is 8.16. The topological polar surface area (TPSA) is 107 Å². The van der Waals surface area contributed by atoms with Gasteiger partial charge in [0.15, 0.2) is 17.0 Å². The van der Waals surface area contributed by atoms with Crippen LogP contribution < -0.4 is 5.32 Å². The molecule has 0 unspecified atom stereocenters. The summed E-state index contributed by atoms with van der Waals surface area (Å²) in [6.45, 7) is 1.25. The van der Waals surface area contributed by atoms with Crippen molar-refractivity contribution in [3.8, 4) is 11.7 Å². The number of aryl methyl sites for hydroxylation is 1. The number of furan rings is 1. The van der Waals surface area contributed by atoms with Crippen LogP contribution in [0.2, 0.25) is 0 Å². The molecule has 0 aromatic carbocycles. The van der Waals surface area contributed by atoms with Crippen LogP contribution in [0.3, 0.4) is 0 Å². The number of halogens is 1. The molecule has 1 aliphatic rings. The van der Waals surface area contributed by atoms with E-state index in [0.29, 0.717) is 21.0 Å². The van der Waals surface area contributed by atoms with Gasteiger partial charge in [-0.1, -0.05) is 0 Å². The molecule has 1 N–H and O–H groups in total. The number of carbonyl (C=O) groups excluding carboxylic acids is 2. The zero-order valence-electron chi connectivity index (χ0n) is 14.9. The summed E-state index contributed by atoms with van der Waals surface area (Å²) in [5, 5.41) is 11.1. The molecule has 0 saturated carbocycles. The molecule has 1 aliphatic carbocycles. The molecule has 8 nitrogen and oxygen atoms in total. The summed E-state index contributed by atoms with van der Waals surface area (Å²) in [6.07, 6.45) is 3.80. The summed E-state index contributed by atoms with van der Waals surface area (Å²) in [5.41, 5.74) is 1.40. The van der Waals surface area contributed by atoms with Crippen LogP contribution in [0.15, 0.2) is 25.6 Å². The van der Waals surface area contributed by atoms with E-state index in [-0.39, 0.29) is 24.3 Å². The molecule has 3 aromatic rings. The van der Waals surface area contributed by atoms with Crippen LogP contribution in [0.1, 0.15) is 46.5 Å². The third-order valence-electron chi connectivity index (χ3n) is 4.24. The highest BCUT2D eigenvalue weighted by Gasteiger charge is 2.27. The highest BCUT2D eigenvalue weighted by molar-refractivity contribution is 9.10. The Bertz CT molecular complexity index is 1040. The number of thiophene rings is 1. The third kappa shape index (κ3) is 3.88. The minimum atomic E-state index is -0.511. The first-order valence-corrected chi connectivity index (χ1v) is 10.3. The number of nitrogens with one attached hydrogen (secondary N) is 1. The first kappa shape index (κ1) is 18.9. The largest absolute Gasteiger partial charge is 0.452 e. The number of fused-ring (bicyclic) bond motifs is 1. The van der Waals surface area contributed by atoms with Gasteiger partial charge in [0.05, 0.1) is 5.56 Å². The number of rotatable bonds is 5. The molecule has 0 radical (unpaired) electrons. The summed E-state index contributed by atoms with van der Waals surface area (Å²) >= 11 is 4.65. The Morgan fingerprint density at radius 2 is 2.07 bits per heavy atom. The number of esters is 1. The highest BCUT2D eigenvalue weighted by Crippen LogP contribution is 2.38. The second-order valence-electron chi connectivity index (χ2n) is 6.28. The van der Waals surface area contributed by atoms with E-state index in [9.17, 15) is 9.59 Å². The number of aromatic nitrogens is 2. The normalized spacial score (nSPS) is 13.2. The highest BCUT2D eigenvalue weighted by atomic mass is 79.9. The van der Waals surface area contributed by atoms with E-state index < -0.39 is 5.97 Å². The Balaban J connectivity index is 1.50. The van der Waals surface area contributed by atoms with E-state index in [1.165, 1.54) is 18.3 Å². The number of carbonyl (C=O) groups is 2. The van der Waals surface area contributed by atoms with Crippen LogP contribution in [0.25, 0.3) is 11.7 Å². The van der Waals surface area contributed by atoms with Gasteiger partial charge in [0.1, 0.15) is 5.00 Å². The monoisotopic (exact) mass is 465 g/mol. The summed E-state index contributed by atoms with van der Waals surface area (Å²) in [5.74, 6) is 0.0314. The predicted molar refractivity (Wildman–Crippen MR) is 104 cm³/mol. The maximum atomic E-state index is 12.8. The molecule has 0 bridgehead atoms. The van der Waals surface area contributed by atoms with Gasteiger partial charge in [-0.3, -0.25) is 4.79 Å². The average Bonchev–Trinajstić information content (AvgIpc) is 3.36. The molecule has 0 saturated heterocycles. The summed E-state index contributed by atoms with van der Waals surface area (Å²) in [7, 11) is 0. The van der Waals surface area contributed by atoms with Crippen LogP contribution in [0.5, 0.6) is 0 Å². The predicted octanol–water partition coefficient (Wildman–Crippen LogP) is 4.35. The van der Waals surface area contributed by atoms with Gasteiger partial charge in [0, 0.05) is 11.8 Å². The fourth-order valence-corrected chi connectivity index (χ4v) is 4.70. The van der Waals surface area contributed by atoms with Gasteiger partial charge in [-0.25, -0.2) is 4.79 Å². The fourth-order valence-electron chi connectivity index (χ4n) is 3.07. The van der Waals surface area contributed by atoms with Crippen LogP contribution in [-0.2, 0) is 29.0 Å². The van der Waals surface area contributed by atoms with Crippen molar-refractivity contribution in [1.29, 1.82) is 0 Å². The standard InChI is InChI=1S/C18H16BrN3O5S/c1-9(23)20-17-15(10-4-2-3-5-12(10)28-17)18(24)25-8-14-21-22-16(27-14)11-6-7-13(19)26-11/h6-7H,2-5,8H2,1H3,(H,20,23). The minimum absolute atomic E-state index is 0.154. The number of ether oxygens (including phenoxy) is 1. The fraction of sp³-hybridized carbons (Fsp3) is 0.333. The van der Waals surface area contributed by atoms with Crippen molar-refractivity contribution in [3.05, 3.63) is 38.7 Å². The number of amides is 1. The molecule has 4 rings (SSSR count). The maximum Gasteiger partial charge on any atom is 0.341 e. The quantitative estimate of drug-likeness (QED) is 0.557. The van der Waals surface area contributed by atoms with Gasteiger partial charge in [0.2, 0.25) is 5.91 Å². The Labute approximate surface area is 172 Å². The Hall–Kier alpha value is -2.46. The van der Waals surface area contributed by atoms with Crippen LogP contribution in [0, 0.1) is 0 Å². The Morgan fingerprint density at radius 1 is 1.25 bits per heavy atom. The van der Waals surface area contributed by atoms with Gasteiger partial charge in [-0.15, -0.1) is 21.5 Å². The lowest BCUT2D eigenvalue weighted by molar-refractivity contribution is -0.114. The van der Waals surface area contributed by atoms with E-state index in [1.807, 2.05) is 0 Å². The van der Waals surface area contributed by atoms with E-state index >= 15 is 0 Å². The molecule has 3 heterocycles. The number of nitrogens with zero attached hydrogens (tertiary/aromatic N) is 2. The van der Waals surface area contributed by atoms with Gasteiger partial charge >= 0.3 is 5.97 Å². The molecule has 0 fully saturated rings. The smallest absolute Gasteiger partial charge is 0.341 e. The van der Waals surface area contributed by atoms with Gasteiger partial charge < -0.3 is 18.9 Å². The van der Waals surface area contributed by atoms with Crippen LogP contribution in [0.4, 0.5) is 5.00 Å². The van der Waals surface area contributed by atoms with Crippen molar-refractivity contribution < 1.29 is 23.2 Å². The van der Waals surface area contributed by atoms with E-state index in [0.717, 1.165) is 36.1 Å². The number of hydrogen-bond acceptors (Lipinski definition) is 8. The number of anilines is 1. The van der Waals surface area contributed by atoms with Gasteiger partial charge in [0.25, 0.3) is 11.8 Å². The SMILES string of the molecule is CC(=O)Nc1sc2c(c1C(=O)OCc1nnc(-c3ccc(Br)o3)o1)CCCC2. The zero-order valence-corrected chi connectivity index (χ0v) is 17.3. The van der Waals surface area contributed by atoms with E-state index in [1.54, 1.807) is 12.1 Å². The van der Waals surface area contributed by atoms with Crippen molar-refractivity contribution in [1.82, 2.24) is 10.2 Å². The lowest BCUT2D eigenvalue weighted by Crippen LogP contribution is -2.13. The van der Waals surface area contributed by atoms with E-state index in [4.69, 9.17) is 13.6 Å². The average molecular weight is 466 g/mol. The maximum absolute atomic E-state index is 12.8. The van der Waals surface area contributed by atoms with Crippen LogP contribution in [-0.4, -0.2) is 22.1 Å². The summed E-state index contributed by atoms with van der Waals surface area (Å²) in [6, 6.07) is 3.40. The van der Waals surface area contributed by atoms with Crippen molar-refractivity contribution in [2.45, 2.75) is 39.2 Å². The van der Waals surface area contributed by atoms with Crippen molar-refractivity contribution in [3.63, 3.8) is 0 Å². The van der Waals surface area contributed by atoms with Crippen LogP contribution >= 0.6 is 27.3 Å². The molecule has 0 aliphatic heterocycles. The van der Waals surface area contributed by atoms with Crippen molar-refractivity contribution in [2.75, 3.05) is 5.32 Å². The van der Waals surface area contributed by atoms with E-state index in [2.05, 4.69) is 31.4 Å². The lowest BCUT2D eigenvalue weighted by Gasteiger charge is -2.12. The summed E-state index contributed by atoms with van der Waals surface area (Å²) < 4.78 is 16.8. The Kier molecular flexibility index (Phi) is 5.31. The van der Waals surface area contributed by atoms with Crippen molar-refractivity contribution in [2.24, 2.45) is 0 Å². The molecule has 10 heteroatoms. The van der Waals surface area contributed by atoms with Gasteiger partial charge in [-0.2, -0.15) is 0 Å². The molecular formula is C18H16BrN3O5S. The van der Waals surface area contributed by atoms with Gasteiger partial charge in [-0.05, 0) is 59.3 Å². The Morgan fingerprint density at radius 3 is 2.82 bits per heavy atom. The lowest BCUT2D eigenvalue weighted by atomic mass is 9.95. The first-order chi connectivity index (χ1) is 13.5. The molecule has 146 valence electrons. The second kappa shape index (κ2) is 7.88. The molecule has 0 atom stereocenters. The zero-order chi connectivity index (χ0) is 19.7.